The van der Waals surface area contributed by atoms with Crippen LogP contribution in [-0.2, 0) is 4.74 Å². The quantitative estimate of drug-likeness (QED) is 0.653. The fourth-order valence-corrected chi connectivity index (χ4v) is 4.07. The second-order valence-electron chi connectivity index (χ2n) is 7.65. The number of methoxy groups -OCH3 is 1. The molecule has 164 valence electrons. The van der Waals surface area contributed by atoms with Gasteiger partial charge in [0, 0.05) is 24.3 Å². The molecule has 1 saturated heterocycles. The van der Waals surface area contributed by atoms with Gasteiger partial charge in [-0.15, -0.1) is 0 Å². The lowest BCUT2D eigenvalue weighted by Crippen LogP contribution is -2.43. The van der Waals surface area contributed by atoms with E-state index in [9.17, 15) is 4.79 Å². The summed E-state index contributed by atoms with van der Waals surface area (Å²) in [5.74, 6) is 1.63. The van der Waals surface area contributed by atoms with E-state index in [1.165, 1.54) is 0 Å². The molecule has 0 aliphatic carbocycles. The highest BCUT2D eigenvalue weighted by Crippen LogP contribution is 2.37. The van der Waals surface area contributed by atoms with E-state index in [-0.39, 0.29) is 12.1 Å². The van der Waals surface area contributed by atoms with Gasteiger partial charge in [0.15, 0.2) is 0 Å². The molecule has 8 heteroatoms. The first kappa shape index (κ1) is 20.1. The fourth-order valence-electron chi connectivity index (χ4n) is 4.07. The zero-order chi connectivity index (χ0) is 22.1. The van der Waals surface area contributed by atoms with Crippen molar-refractivity contribution in [3.8, 4) is 5.75 Å². The van der Waals surface area contributed by atoms with Crippen molar-refractivity contribution in [1.29, 1.82) is 5.41 Å². The minimum absolute atomic E-state index is 0.00419. The fraction of sp³-hybridized carbons (Fsp3) is 0.250. The number of amidine groups is 1. The van der Waals surface area contributed by atoms with E-state index in [0.29, 0.717) is 49.1 Å². The van der Waals surface area contributed by atoms with Crippen LogP contribution in [0.15, 0.2) is 65.3 Å². The van der Waals surface area contributed by atoms with E-state index in [2.05, 4.69) is 5.32 Å². The van der Waals surface area contributed by atoms with Crippen molar-refractivity contribution < 1.29 is 18.7 Å². The Hall–Kier alpha value is -3.78. The average molecular weight is 432 g/mol. The van der Waals surface area contributed by atoms with Crippen LogP contribution in [-0.4, -0.2) is 50.1 Å². The van der Waals surface area contributed by atoms with Gasteiger partial charge in [0.2, 0.25) is 5.88 Å². The number of ether oxygens (including phenoxy) is 2. The van der Waals surface area contributed by atoms with Crippen molar-refractivity contribution >= 4 is 23.3 Å². The van der Waals surface area contributed by atoms with Gasteiger partial charge in [0.05, 0.1) is 32.2 Å². The number of amides is 1. The van der Waals surface area contributed by atoms with Crippen molar-refractivity contribution in [2.24, 2.45) is 0 Å². The van der Waals surface area contributed by atoms with E-state index in [0.717, 1.165) is 17.0 Å². The van der Waals surface area contributed by atoms with Gasteiger partial charge in [0.25, 0.3) is 5.91 Å². The highest BCUT2D eigenvalue weighted by molar-refractivity contribution is 6.13. The molecule has 32 heavy (non-hydrogen) atoms. The lowest BCUT2D eigenvalue weighted by Gasteiger charge is -2.38. The van der Waals surface area contributed by atoms with Gasteiger partial charge < -0.3 is 29.0 Å². The highest BCUT2D eigenvalue weighted by atomic mass is 16.5. The predicted molar refractivity (Wildman–Crippen MR) is 121 cm³/mol. The zero-order valence-corrected chi connectivity index (χ0v) is 17.7. The minimum Gasteiger partial charge on any atom is -0.497 e. The summed E-state index contributed by atoms with van der Waals surface area (Å²) in [6, 6.07) is 16.9. The maximum absolute atomic E-state index is 12.8. The second kappa shape index (κ2) is 8.39. The number of carbonyl (C=O) groups excluding carboxylic acids is 1. The number of hydrogen-bond donors (Lipinski definition) is 2. The molecule has 1 amide bonds. The topological polar surface area (TPSA) is 91.0 Å². The summed E-state index contributed by atoms with van der Waals surface area (Å²) in [4.78, 5) is 16.5. The molecule has 0 radical (unpaired) electrons. The third-order valence-corrected chi connectivity index (χ3v) is 5.81. The normalized spacial score (nSPS) is 18.2. The molecule has 1 atom stereocenters. The SMILES string of the molecule is COc1ccc(N2C(=N)c3ccoc3NC2c2ccc(C(=O)N3CCOCC3)cc2)cc1. The minimum atomic E-state index is -0.373. The van der Waals surface area contributed by atoms with Gasteiger partial charge in [-0.25, -0.2) is 0 Å². The Morgan fingerprint density at radius 1 is 1.06 bits per heavy atom. The molecule has 0 spiro atoms. The van der Waals surface area contributed by atoms with Crippen LogP contribution in [0.3, 0.4) is 0 Å². The number of anilines is 2. The Labute approximate surface area is 185 Å². The molecular weight excluding hydrogens is 408 g/mol. The number of nitrogens with zero attached hydrogens (tertiary/aromatic N) is 2. The van der Waals surface area contributed by atoms with Crippen LogP contribution >= 0.6 is 0 Å². The van der Waals surface area contributed by atoms with Crippen molar-refractivity contribution in [2.75, 3.05) is 43.6 Å². The molecule has 0 bridgehead atoms. The number of hydrogen-bond acceptors (Lipinski definition) is 6. The van der Waals surface area contributed by atoms with Crippen molar-refractivity contribution in [3.05, 3.63) is 77.6 Å². The summed E-state index contributed by atoms with van der Waals surface area (Å²) >= 11 is 0. The van der Waals surface area contributed by atoms with Crippen LogP contribution in [0.5, 0.6) is 5.75 Å². The molecule has 3 heterocycles. The zero-order valence-electron chi connectivity index (χ0n) is 17.7. The first-order chi connectivity index (χ1) is 15.7. The van der Waals surface area contributed by atoms with Gasteiger partial charge in [-0.3, -0.25) is 10.2 Å². The second-order valence-corrected chi connectivity index (χ2v) is 7.65. The molecule has 2 aliphatic rings. The molecule has 2 N–H and O–H groups in total. The van der Waals surface area contributed by atoms with Crippen molar-refractivity contribution in [1.82, 2.24) is 4.90 Å². The van der Waals surface area contributed by atoms with Crippen LogP contribution in [0.25, 0.3) is 0 Å². The van der Waals surface area contributed by atoms with E-state index >= 15 is 0 Å². The highest BCUT2D eigenvalue weighted by Gasteiger charge is 2.33. The summed E-state index contributed by atoms with van der Waals surface area (Å²) < 4.78 is 16.2. The maximum Gasteiger partial charge on any atom is 0.254 e. The number of carbonyl (C=O) groups is 1. The van der Waals surface area contributed by atoms with Gasteiger partial charge in [-0.1, -0.05) is 12.1 Å². The van der Waals surface area contributed by atoms with Gasteiger partial charge in [-0.2, -0.15) is 0 Å². The Bertz CT molecular complexity index is 1120. The maximum atomic E-state index is 12.8. The number of nitrogens with one attached hydrogen (secondary N) is 2. The van der Waals surface area contributed by atoms with E-state index in [4.69, 9.17) is 19.3 Å². The van der Waals surface area contributed by atoms with Gasteiger partial charge >= 0.3 is 0 Å². The molecule has 8 nitrogen and oxygen atoms in total. The lowest BCUT2D eigenvalue weighted by molar-refractivity contribution is 0.0303. The Balaban J connectivity index is 1.46. The third kappa shape index (κ3) is 3.58. The van der Waals surface area contributed by atoms with Crippen molar-refractivity contribution in [2.45, 2.75) is 6.17 Å². The van der Waals surface area contributed by atoms with Crippen LogP contribution in [0, 0.1) is 5.41 Å². The van der Waals surface area contributed by atoms with E-state index in [1.807, 2.05) is 58.3 Å². The Morgan fingerprint density at radius 2 is 1.78 bits per heavy atom. The van der Waals surface area contributed by atoms with Crippen LogP contribution < -0.4 is 15.0 Å². The summed E-state index contributed by atoms with van der Waals surface area (Å²) in [5.41, 5.74) is 3.08. The predicted octanol–water partition coefficient (Wildman–Crippen LogP) is 3.72. The summed E-state index contributed by atoms with van der Waals surface area (Å²) in [6.07, 6.45) is 1.20. The molecule has 3 aromatic rings. The summed E-state index contributed by atoms with van der Waals surface area (Å²) in [5, 5.41) is 12.2. The standard InChI is InChI=1S/C24H24N4O4/c1-30-19-8-6-18(7-9-19)28-21(25)20-10-13-32-23(20)26-22(28)16-2-4-17(5-3-16)24(29)27-11-14-31-15-12-27/h2-10,13,22,25-26H,11-12,14-15H2,1H3. The lowest BCUT2D eigenvalue weighted by atomic mass is 10.0. The van der Waals surface area contributed by atoms with Crippen LogP contribution in [0.1, 0.15) is 27.7 Å². The summed E-state index contributed by atoms with van der Waals surface area (Å²) in [7, 11) is 1.62. The van der Waals surface area contributed by atoms with Gasteiger partial charge in [0.1, 0.15) is 17.8 Å². The number of benzene rings is 2. The number of rotatable bonds is 4. The Morgan fingerprint density at radius 3 is 2.47 bits per heavy atom. The molecule has 0 saturated carbocycles. The first-order valence-electron chi connectivity index (χ1n) is 10.5. The molecule has 1 aromatic heterocycles. The van der Waals surface area contributed by atoms with Crippen LogP contribution in [0.4, 0.5) is 11.6 Å². The molecule has 2 aliphatic heterocycles. The molecular formula is C24H24N4O4. The average Bonchev–Trinajstić information content (AvgIpc) is 3.33. The summed E-state index contributed by atoms with van der Waals surface area (Å²) in [6.45, 7) is 2.35. The smallest absolute Gasteiger partial charge is 0.254 e. The largest absolute Gasteiger partial charge is 0.497 e. The molecule has 2 aromatic carbocycles. The third-order valence-electron chi connectivity index (χ3n) is 5.81. The monoisotopic (exact) mass is 432 g/mol. The number of furan rings is 1. The van der Waals surface area contributed by atoms with Gasteiger partial charge in [-0.05, 0) is 48.0 Å². The first-order valence-corrected chi connectivity index (χ1v) is 10.5. The molecule has 1 unspecified atom stereocenters. The Kier molecular flexibility index (Phi) is 5.28. The number of morpholine rings is 1. The van der Waals surface area contributed by atoms with E-state index in [1.54, 1.807) is 19.4 Å². The molecule has 5 rings (SSSR count). The van der Waals surface area contributed by atoms with Crippen LogP contribution in [0.2, 0.25) is 0 Å². The van der Waals surface area contributed by atoms with Crippen molar-refractivity contribution in [3.63, 3.8) is 0 Å². The number of fused-ring (bicyclic) bond motifs is 1. The van der Waals surface area contributed by atoms with E-state index < -0.39 is 0 Å². The molecule has 1 fully saturated rings.